The fourth-order valence-electron chi connectivity index (χ4n) is 2.48. The van der Waals surface area contributed by atoms with Crippen molar-refractivity contribution in [1.29, 1.82) is 10.5 Å². The minimum Gasteiger partial charge on any atom is -0.321 e. The molecule has 3 rings (SSSR count). The lowest BCUT2D eigenvalue weighted by molar-refractivity contribution is 0.506. The minimum atomic E-state index is 0.213. The van der Waals surface area contributed by atoms with Gasteiger partial charge in [0.1, 0.15) is 12.1 Å². The summed E-state index contributed by atoms with van der Waals surface area (Å²) in [5.41, 5.74) is 3.29. The van der Waals surface area contributed by atoms with Crippen molar-refractivity contribution in [3.8, 4) is 12.1 Å². The Bertz CT molecular complexity index is 685. The number of fused-ring (bicyclic) bond motifs is 1. The Balaban J connectivity index is 1.87. The molecule has 1 heterocycles. The van der Waals surface area contributed by atoms with Gasteiger partial charge in [-0.15, -0.1) is 0 Å². The van der Waals surface area contributed by atoms with Crippen LogP contribution >= 0.6 is 0 Å². The van der Waals surface area contributed by atoms with Crippen LogP contribution in [0.3, 0.4) is 0 Å². The summed E-state index contributed by atoms with van der Waals surface area (Å²) in [6.07, 6.45) is 2.61. The van der Waals surface area contributed by atoms with Crippen molar-refractivity contribution in [3.63, 3.8) is 0 Å². The van der Waals surface area contributed by atoms with Crippen LogP contribution in [0.4, 0.5) is 0 Å². The van der Waals surface area contributed by atoms with Gasteiger partial charge in [0.25, 0.3) is 0 Å². The van der Waals surface area contributed by atoms with Crippen molar-refractivity contribution < 1.29 is 0 Å². The van der Waals surface area contributed by atoms with Gasteiger partial charge < -0.3 is 4.57 Å². The molecule has 4 nitrogen and oxygen atoms in total. The highest BCUT2D eigenvalue weighted by atomic mass is 15.1. The molecule has 0 saturated carbocycles. The second kappa shape index (κ2) is 4.01. The summed E-state index contributed by atoms with van der Waals surface area (Å²) in [6.45, 7) is 0.717. The summed E-state index contributed by atoms with van der Waals surface area (Å²) in [5.74, 6) is 0.425. The number of hydrogen-bond donors (Lipinski definition) is 0. The molecule has 0 saturated heterocycles. The van der Waals surface area contributed by atoms with Crippen molar-refractivity contribution in [3.05, 3.63) is 53.1 Å². The third-order valence-electron chi connectivity index (χ3n) is 3.43. The predicted molar refractivity (Wildman–Crippen MR) is 64.5 cm³/mol. The molecule has 1 aromatic heterocycles. The van der Waals surface area contributed by atoms with Crippen molar-refractivity contribution in [2.24, 2.45) is 0 Å². The normalized spacial score (nSPS) is 16.2. The molecule has 1 aliphatic carbocycles. The average Bonchev–Trinajstić information content (AvgIpc) is 2.78. The van der Waals surface area contributed by atoms with Crippen LogP contribution in [0.15, 0.2) is 30.6 Å². The molecule has 0 aliphatic heterocycles. The highest BCUT2D eigenvalue weighted by Gasteiger charge is 2.26. The average molecular weight is 234 g/mol. The minimum absolute atomic E-state index is 0.213. The van der Waals surface area contributed by atoms with Crippen molar-refractivity contribution in [2.75, 3.05) is 0 Å². The largest absolute Gasteiger partial charge is 0.321 e. The first-order chi connectivity index (χ1) is 8.83. The lowest BCUT2D eigenvalue weighted by Gasteiger charge is -2.30. The van der Waals surface area contributed by atoms with Gasteiger partial charge in [-0.1, -0.05) is 24.3 Å². The first kappa shape index (κ1) is 10.6. The van der Waals surface area contributed by atoms with Gasteiger partial charge in [0.2, 0.25) is 0 Å². The lowest BCUT2D eigenvalue weighted by Crippen LogP contribution is -2.22. The van der Waals surface area contributed by atoms with Crippen LogP contribution in [0.1, 0.15) is 28.4 Å². The predicted octanol–water partition coefficient (Wildman–Crippen LogP) is 1.97. The molecule has 1 aliphatic rings. The van der Waals surface area contributed by atoms with E-state index in [4.69, 9.17) is 10.5 Å². The van der Waals surface area contributed by atoms with E-state index in [1.165, 1.54) is 11.1 Å². The number of nitrogens with zero attached hydrogens (tertiary/aromatic N) is 4. The maximum absolute atomic E-state index is 9.06. The number of aromatic nitrogens is 2. The molecule has 0 bridgehead atoms. The van der Waals surface area contributed by atoms with Crippen LogP contribution in [0.2, 0.25) is 0 Å². The Hall–Kier alpha value is -2.59. The molecule has 0 fully saturated rings. The molecule has 1 unspecified atom stereocenters. The zero-order valence-corrected chi connectivity index (χ0v) is 9.67. The summed E-state index contributed by atoms with van der Waals surface area (Å²) in [6, 6.07) is 12.3. The molecule has 0 radical (unpaired) electrons. The van der Waals surface area contributed by atoms with E-state index in [9.17, 15) is 0 Å². The van der Waals surface area contributed by atoms with Crippen LogP contribution in [0, 0.1) is 22.7 Å². The summed E-state index contributed by atoms with van der Waals surface area (Å²) in [5, 5.41) is 17.9. The van der Waals surface area contributed by atoms with Gasteiger partial charge in [0.05, 0.1) is 6.33 Å². The Labute approximate surface area is 105 Å². The highest BCUT2D eigenvalue weighted by Crippen LogP contribution is 2.36. The standard InChI is InChI=1S/C14H10N4/c15-6-13-14(7-16)18(9-17-13)8-11-5-10-3-1-2-4-12(10)11/h1-4,9,11H,5,8H2. The van der Waals surface area contributed by atoms with Crippen LogP contribution in [0.5, 0.6) is 0 Å². The maximum Gasteiger partial charge on any atom is 0.176 e. The molecular weight excluding hydrogens is 224 g/mol. The smallest absolute Gasteiger partial charge is 0.176 e. The third-order valence-corrected chi connectivity index (χ3v) is 3.43. The van der Waals surface area contributed by atoms with Crippen molar-refractivity contribution >= 4 is 0 Å². The van der Waals surface area contributed by atoms with E-state index < -0.39 is 0 Å². The second-order valence-electron chi connectivity index (χ2n) is 4.42. The van der Waals surface area contributed by atoms with E-state index in [-0.39, 0.29) is 5.69 Å². The maximum atomic E-state index is 9.06. The summed E-state index contributed by atoms with van der Waals surface area (Å²) < 4.78 is 1.78. The van der Waals surface area contributed by atoms with Gasteiger partial charge in [-0.25, -0.2) is 4.98 Å². The fourth-order valence-corrected chi connectivity index (χ4v) is 2.48. The molecule has 1 atom stereocenters. The first-order valence-corrected chi connectivity index (χ1v) is 5.76. The first-order valence-electron chi connectivity index (χ1n) is 5.76. The third kappa shape index (κ3) is 1.48. The molecular formula is C14H10N4. The van der Waals surface area contributed by atoms with Crippen molar-refractivity contribution in [2.45, 2.75) is 18.9 Å². The quantitative estimate of drug-likeness (QED) is 0.797. The summed E-state index contributed by atoms with van der Waals surface area (Å²) >= 11 is 0. The number of imidazole rings is 1. The number of hydrogen-bond acceptors (Lipinski definition) is 3. The van der Waals surface area contributed by atoms with Crippen LogP contribution in [-0.2, 0) is 13.0 Å². The van der Waals surface area contributed by atoms with E-state index in [2.05, 4.69) is 23.2 Å². The van der Waals surface area contributed by atoms with E-state index in [0.717, 1.165) is 6.42 Å². The Morgan fingerprint density at radius 1 is 1.28 bits per heavy atom. The zero-order chi connectivity index (χ0) is 12.5. The molecule has 2 aromatic rings. The summed E-state index contributed by atoms with van der Waals surface area (Å²) in [4.78, 5) is 3.95. The fraction of sp³-hybridized carbons (Fsp3) is 0.214. The van der Waals surface area contributed by atoms with Gasteiger partial charge in [-0.05, 0) is 17.5 Å². The van der Waals surface area contributed by atoms with E-state index >= 15 is 0 Å². The Morgan fingerprint density at radius 3 is 2.83 bits per heavy atom. The van der Waals surface area contributed by atoms with Gasteiger partial charge >= 0.3 is 0 Å². The zero-order valence-electron chi connectivity index (χ0n) is 9.67. The van der Waals surface area contributed by atoms with Crippen LogP contribution in [-0.4, -0.2) is 9.55 Å². The Kier molecular flexibility index (Phi) is 2.35. The van der Waals surface area contributed by atoms with Crippen LogP contribution in [0.25, 0.3) is 0 Å². The number of nitriles is 2. The lowest BCUT2D eigenvalue weighted by atomic mass is 9.77. The van der Waals surface area contributed by atoms with Gasteiger partial charge in [-0.2, -0.15) is 10.5 Å². The highest BCUT2D eigenvalue weighted by molar-refractivity contribution is 5.41. The molecule has 18 heavy (non-hydrogen) atoms. The van der Waals surface area contributed by atoms with Gasteiger partial charge in [0, 0.05) is 12.5 Å². The Morgan fingerprint density at radius 2 is 2.11 bits per heavy atom. The van der Waals surface area contributed by atoms with E-state index in [0.29, 0.717) is 18.2 Å². The SMILES string of the molecule is N#Cc1ncn(CC2Cc3ccccc32)c1C#N. The molecule has 0 N–H and O–H groups in total. The summed E-state index contributed by atoms with van der Waals surface area (Å²) in [7, 11) is 0. The van der Waals surface area contributed by atoms with Gasteiger partial charge in [0.15, 0.2) is 11.4 Å². The molecule has 4 heteroatoms. The van der Waals surface area contributed by atoms with E-state index in [1.54, 1.807) is 10.9 Å². The number of benzene rings is 1. The second-order valence-corrected chi connectivity index (χ2v) is 4.42. The number of rotatable bonds is 2. The molecule has 0 amide bonds. The van der Waals surface area contributed by atoms with E-state index in [1.807, 2.05) is 18.2 Å². The van der Waals surface area contributed by atoms with Crippen molar-refractivity contribution in [1.82, 2.24) is 9.55 Å². The molecule has 1 aromatic carbocycles. The molecule has 0 spiro atoms. The van der Waals surface area contributed by atoms with Gasteiger partial charge in [-0.3, -0.25) is 0 Å². The molecule has 86 valence electrons. The van der Waals surface area contributed by atoms with Crippen LogP contribution < -0.4 is 0 Å². The topological polar surface area (TPSA) is 65.4 Å². The monoisotopic (exact) mass is 234 g/mol.